The number of nitrogens with zero attached hydrogens (tertiary/aromatic N) is 2. The standard InChI is InChI=1S/C16H23ClN2O/c1-18-7-9-19(10-8-18)12-13-5-6-15(11-16(13)17)20-14-3-2-4-14/h5-6,11,14H,2-4,7-10,12H2,1H3. The third-order valence-electron chi connectivity index (χ3n) is 4.37. The fourth-order valence-electron chi connectivity index (χ4n) is 2.66. The number of hydrogen-bond acceptors (Lipinski definition) is 3. The SMILES string of the molecule is CN1CCN(Cc2ccc(OC3CCC3)cc2Cl)CC1. The van der Waals surface area contributed by atoms with Gasteiger partial charge in [0.25, 0.3) is 0 Å². The van der Waals surface area contributed by atoms with Crippen LogP contribution in [0.25, 0.3) is 0 Å². The minimum absolute atomic E-state index is 0.412. The lowest BCUT2D eigenvalue weighted by Gasteiger charge is -2.32. The second-order valence-electron chi connectivity index (χ2n) is 6.00. The molecule has 0 N–H and O–H groups in total. The lowest BCUT2D eigenvalue weighted by molar-refractivity contribution is 0.120. The van der Waals surface area contributed by atoms with Crippen LogP contribution >= 0.6 is 11.6 Å². The molecule has 3 nitrogen and oxygen atoms in total. The minimum Gasteiger partial charge on any atom is -0.490 e. The number of halogens is 1. The van der Waals surface area contributed by atoms with Crippen LogP contribution in [0.4, 0.5) is 0 Å². The fourth-order valence-corrected chi connectivity index (χ4v) is 2.89. The van der Waals surface area contributed by atoms with Crippen molar-refractivity contribution in [3.8, 4) is 5.75 Å². The van der Waals surface area contributed by atoms with Crippen LogP contribution in [0.1, 0.15) is 24.8 Å². The second kappa shape index (κ2) is 6.33. The largest absolute Gasteiger partial charge is 0.490 e. The Morgan fingerprint density at radius 3 is 2.55 bits per heavy atom. The van der Waals surface area contributed by atoms with Crippen molar-refractivity contribution < 1.29 is 4.74 Å². The minimum atomic E-state index is 0.412. The first kappa shape index (κ1) is 14.2. The van der Waals surface area contributed by atoms with E-state index in [0.717, 1.165) is 43.5 Å². The van der Waals surface area contributed by atoms with Crippen molar-refractivity contribution in [3.05, 3.63) is 28.8 Å². The summed E-state index contributed by atoms with van der Waals surface area (Å²) in [6.07, 6.45) is 4.07. The van der Waals surface area contributed by atoms with E-state index >= 15 is 0 Å². The summed E-state index contributed by atoms with van der Waals surface area (Å²) in [5, 5.41) is 0.834. The van der Waals surface area contributed by atoms with Crippen molar-refractivity contribution in [2.75, 3.05) is 33.2 Å². The first-order valence-electron chi connectivity index (χ1n) is 7.57. The van der Waals surface area contributed by atoms with E-state index in [1.807, 2.05) is 6.07 Å². The quantitative estimate of drug-likeness (QED) is 0.849. The molecule has 1 heterocycles. The highest BCUT2D eigenvalue weighted by Crippen LogP contribution is 2.29. The van der Waals surface area contributed by atoms with Crippen molar-refractivity contribution in [2.24, 2.45) is 0 Å². The van der Waals surface area contributed by atoms with Crippen molar-refractivity contribution in [1.82, 2.24) is 9.80 Å². The molecule has 2 aliphatic rings. The van der Waals surface area contributed by atoms with Gasteiger partial charge in [-0.15, -0.1) is 0 Å². The van der Waals surface area contributed by atoms with Crippen LogP contribution in [0.15, 0.2) is 18.2 Å². The average molecular weight is 295 g/mol. The summed E-state index contributed by atoms with van der Waals surface area (Å²) in [5.41, 5.74) is 1.21. The fraction of sp³-hybridized carbons (Fsp3) is 0.625. The Hall–Kier alpha value is -0.770. The van der Waals surface area contributed by atoms with Crippen LogP contribution in [0.3, 0.4) is 0 Å². The Kier molecular flexibility index (Phi) is 4.49. The maximum atomic E-state index is 6.40. The Labute approximate surface area is 126 Å². The van der Waals surface area contributed by atoms with E-state index in [1.54, 1.807) is 0 Å². The van der Waals surface area contributed by atoms with Gasteiger partial charge in [0.15, 0.2) is 0 Å². The molecule has 110 valence electrons. The second-order valence-corrected chi connectivity index (χ2v) is 6.41. The molecule has 0 aromatic heterocycles. The summed E-state index contributed by atoms with van der Waals surface area (Å²) < 4.78 is 5.89. The van der Waals surface area contributed by atoms with E-state index in [4.69, 9.17) is 16.3 Å². The van der Waals surface area contributed by atoms with E-state index in [9.17, 15) is 0 Å². The zero-order valence-electron chi connectivity index (χ0n) is 12.1. The molecule has 0 radical (unpaired) electrons. The zero-order valence-corrected chi connectivity index (χ0v) is 12.9. The first-order chi connectivity index (χ1) is 9.70. The lowest BCUT2D eigenvalue weighted by Crippen LogP contribution is -2.43. The number of ether oxygens (including phenoxy) is 1. The molecular formula is C16H23ClN2O. The maximum absolute atomic E-state index is 6.40. The molecule has 1 aromatic carbocycles. The van der Waals surface area contributed by atoms with Gasteiger partial charge < -0.3 is 9.64 Å². The van der Waals surface area contributed by atoms with Gasteiger partial charge in [-0.25, -0.2) is 0 Å². The maximum Gasteiger partial charge on any atom is 0.121 e. The zero-order chi connectivity index (χ0) is 13.9. The molecule has 0 amide bonds. The molecule has 4 heteroatoms. The van der Waals surface area contributed by atoms with Gasteiger partial charge in [-0.05, 0) is 44.0 Å². The molecular weight excluding hydrogens is 272 g/mol. The molecule has 1 aliphatic carbocycles. The van der Waals surface area contributed by atoms with Crippen molar-refractivity contribution in [3.63, 3.8) is 0 Å². The Morgan fingerprint density at radius 2 is 1.95 bits per heavy atom. The molecule has 2 fully saturated rings. The van der Waals surface area contributed by atoms with Crippen molar-refractivity contribution in [1.29, 1.82) is 0 Å². The Bertz CT molecular complexity index is 454. The Morgan fingerprint density at radius 1 is 1.20 bits per heavy atom. The molecule has 0 unspecified atom stereocenters. The van der Waals surface area contributed by atoms with Crippen LogP contribution in [0.2, 0.25) is 5.02 Å². The summed E-state index contributed by atoms with van der Waals surface area (Å²) in [7, 11) is 2.18. The molecule has 0 bridgehead atoms. The van der Waals surface area contributed by atoms with Gasteiger partial charge in [0.2, 0.25) is 0 Å². The molecule has 20 heavy (non-hydrogen) atoms. The van der Waals surface area contributed by atoms with E-state index in [0.29, 0.717) is 6.10 Å². The molecule has 1 saturated heterocycles. The normalized spacial score (nSPS) is 21.7. The lowest BCUT2D eigenvalue weighted by atomic mass is 9.96. The summed E-state index contributed by atoms with van der Waals surface area (Å²) in [6.45, 7) is 5.46. The molecule has 0 spiro atoms. The van der Waals surface area contributed by atoms with Crippen LogP contribution in [0.5, 0.6) is 5.75 Å². The van der Waals surface area contributed by atoms with E-state index < -0.39 is 0 Å². The highest BCUT2D eigenvalue weighted by Gasteiger charge is 2.20. The molecule has 1 aromatic rings. The van der Waals surface area contributed by atoms with Gasteiger partial charge in [0.05, 0.1) is 6.10 Å². The predicted octanol–water partition coefficient (Wildman–Crippen LogP) is 3.02. The smallest absolute Gasteiger partial charge is 0.121 e. The highest BCUT2D eigenvalue weighted by atomic mass is 35.5. The molecule has 3 rings (SSSR count). The number of hydrogen-bond donors (Lipinski definition) is 0. The summed E-state index contributed by atoms with van der Waals surface area (Å²) in [5.74, 6) is 0.918. The first-order valence-corrected chi connectivity index (χ1v) is 7.94. The van der Waals surface area contributed by atoms with Gasteiger partial charge in [-0.2, -0.15) is 0 Å². The number of benzene rings is 1. The van der Waals surface area contributed by atoms with E-state index in [2.05, 4.69) is 29.0 Å². The van der Waals surface area contributed by atoms with Gasteiger partial charge in [0, 0.05) is 37.7 Å². The van der Waals surface area contributed by atoms with Gasteiger partial charge in [0.1, 0.15) is 5.75 Å². The van der Waals surface area contributed by atoms with Gasteiger partial charge in [-0.3, -0.25) is 4.90 Å². The summed E-state index contributed by atoms with van der Waals surface area (Å²) in [4.78, 5) is 4.83. The predicted molar refractivity (Wildman–Crippen MR) is 82.5 cm³/mol. The van der Waals surface area contributed by atoms with Crippen LogP contribution in [0, 0.1) is 0 Å². The average Bonchev–Trinajstić information content (AvgIpc) is 2.39. The third-order valence-corrected chi connectivity index (χ3v) is 4.72. The summed E-state index contributed by atoms with van der Waals surface area (Å²) >= 11 is 6.40. The highest BCUT2D eigenvalue weighted by molar-refractivity contribution is 6.31. The monoisotopic (exact) mass is 294 g/mol. The Balaban J connectivity index is 1.58. The van der Waals surface area contributed by atoms with Crippen LogP contribution in [-0.4, -0.2) is 49.1 Å². The molecule has 0 atom stereocenters. The number of piperazine rings is 1. The van der Waals surface area contributed by atoms with Crippen molar-refractivity contribution in [2.45, 2.75) is 31.9 Å². The number of rotatable bonds is 4. The van der Waals surface area contributed by atoms with Crippen LogP contribution < -0.4 is 4.74 Å². The topological polar surface area (TPSA) is 15.7 Å². The van der Waals surface area contributed by atoms with Crippen LogP contribution in [-0.2, 0) is 6.54 Å². The van der Waals surface area contributed by atoms with Gasteiger partial charge >= 0.3 is 0 Å². The molecule has 1 saturated carbocycles. The van der Waals surface area contributed by atoms with E-state index in [1.165, 1.54) is 24.8 Å². The van der Waals surface area contributed by atoms with E-state index in [-0.39, 0.29) is 0 Å². The van der Waals surface area contributed by atoms with Crippen molar-refractivity contribution >= 4 is 11.6 Å². The van der Waals surface area contributed by atoms with Gasteiger partial charge in [-0.1, -0.05) is 17.7 Å². The number of likely N-dealkylation sites (N-methyl/N-ethyl adjacent to an activating group) is 1. The third kappa shape index (κ3) is 3.46. The summed E-state index contributed by atoms with van der Waals surface area (Å²) in [6, 6.07) is 6.16. The molecule has 1 aliphatic heterocycles.